The summed E-state index contributed by atoms with van der Waals surface area (Å²) < 4.78 is 0. The molecule has 6 nitrogen and oxygen atoms in total. The number of nitrogens with one attached hydrogen (secondary N) is 1. The third kappa shape index (κ3) is 4.52. The lowest BCUT2D eigenvalue weighted by Crippen LogP contribution is -2.14. The molecule has 0 saturated heterocycles. The minimum atomic E-state index is -0.635. The molecule has 132 valence electrons. The minimum absolute atomic E-state index is 0.136. The topological polar surface area (TPSA) is 98.0 Å². The van der Waals surface area contributed by atoms with E-state index in [0.29, 0.717) is 16.4 Å². The van der Waals surface area contributed by atoms with Crippen LogP contribution < -0.4 is 11.1 Å². The number of primary amides is 1. The molecule has 0 saturated carbocycles. The van der Waals surface area contributed by atoms with E-state index in [1.165, 1.54) is 16.9 Å². The predicted octanol–water partition coefficient (Wildman–Crippen LogP) is 3.27. The van der Waals surface area contributed by atoms with Crippen molar-refractivity contribution >= 4 is 28.3 Å². The average molecular weight is 366 g/mol. The molecule has 0 aliphatic carbocycles. The van der Waals surface area contributed by atoms with Crippen molar-refractivity contribution in [1.82, 2.24) is 9.97 Å². The van der Waals surface area contributed by atoms with Crippen LogP contribution in [0.15, 0.2) is 54.9 Å². The van der Waals surface area contributed by atoms with Gasteiger partial charge in [-0.3, -0.25) is 14.6 Å². The molecule has 26 heavy (non-hydrogen) atoms. The van der Waals surface area contributed by atoms with Crippen molar-refractivity contribution in [2.24, 2.45) is 5.73 Å². The van der Waals surface area contributed by atoms with E-state index in [0.717, 1.165) is 18.4 Å². The predicted molar refractivity (Wildman–Crippen MR) is 102 cm³/mol. The first-order valence-corrected chi connectivity index (χ1v) is 9.00. The Hall–Kier alpha value is -3.06. The summed E-state index contributed by atoms with van der Waals surface area (Å²) in [5.74, 6) is -0.770. The van der Waals surface area contributed by atoms with Gasteiger partial charge in [0.25, 0.3) is 5.91 Å². The van der Waals surface area contributed by atoms with Crippen LogP contribution in [-0.4, -0.2) is 21.8 Å². The van der Waals surface area contributed by atoms with Crippen LogP contribution in [0.1, 0.15) is 28.9 Å². The number of aromatic nitrogens is 2. The van der Waals surface area contributed by atoms with Gasteiger partial charge in [-0.2, -0.15) is 0 Å². The molecule has 2 aromatic heterocycles. The van der Waals surface area contributed by atoms with Crippen LogP contribution in [0.5, 0.6) is 0 Å². The van der Waals surface area contributed by atoms with E-state index in [4.69, 9.17) is 5.73 Å². The SMILES string of the molecule is NC(=O)c1nc(NC(=O)CCCc2ccccc2)sc1-c1cccnc1. The molecule has 0 radical (unpaired) electrons. The maximum Gasteiger partial charge on any atom is 0.268 e. The molecule has 7 heteroatoms. The number of hydrogen-bond donors (Lipinski definition) is 2. The molecule has 0 bridgehead atoms. The van der Waals surface area contributed by atoms with Crippen LogP contribution in [0.2, 0.25) is 0 Å². The summed E-state index contributed by atoms with van der Waals surface area (Å²) in [5.41, 5.74) is 7.49. The van der Waals surface area contributed by atoms with Gasteiger partial charge in [-0.15, -0.1) is 0 Å². The smallest absolute Gasteiger partial charge is 0.268 e. The average Bonchev–Trinajstić information content (AvgIpc) is 3.07. The van der Waals surface area contributed by atoms with Gasteiger partial charge in [0.2, 0.25) is 5.91 Å². The minimum Gasteiger partial charge on any atom is -0.364 e. The van der Waals surface area contributed by atoms with Gasteiger partial charge < -0.3 is 11.1 Å². The summed E-state index contributed by atoms with van der Waals surface area (Å²) in [6, 6.07) is 13.6. The van der Waals surface area contributed by atoms with Gasteiger partial charge >= 0.3 is 0 Å². The fraction of sp³-hybridized carbons (Fsp3) is 0.158. The zero-order valence-electron chi connectivity index (χ0n) is 14.0. The largest absolute Gasteiger partial charge is 0.364 e. The molecule has 0 unspecified atom stereocenters. The molecular formula is C19H18N4O2S. The molecule has 1 aromatic carbocycles. The van der Waals surface area contributed by atoms with Gasteiger partial charge in [0.05, 0.1) is 4.88 Å². The van der Waals surface area contributed by atoms with Crippen molar-refractivity contribution in [3.63, 3.8) is 0 Å². The Labute approximate surface area is 155 Å². The van der Waals surface area contributed by atoms with Crippen molar-refractivity contribution in [2.45, 2.75) is 19.3 Å². The zero-order chi connectivity index (χ0) is 18.4. The Bertz CT molecular complexity index is 894. The highest BCUT2D eigenvalue weighted by molar-refractivity contribution is 7.19. The molecule has 0 atom stereocenters. The van der Waals surface area contributed by atoms with Gasteiger partial charge in [-0.05, 0) is 24.5 Å². The van der Waals surface area contributed by atoms with Crippen molar-refractivity contribution < 1.29 is 9.59 Å². The first kappa shape index (κ1) is 17.8. The maximum absolute atomic E-state index is 12.2. The van der Waals surface area contributed by atoms with E-state index in [1.807, 2.05) is 36.4 Å². The van der Waals surface area contributed by atoms with E-state index in [-0.39, 0.29) is 11.6 Å². The Morgan fingerprint density at radius 2 is 1.92 bits per heavy atom. The second kappa shape index (κ2) is 8.35. The monoisotopic (exact) mass is 366 g/mol. The number of thiazole rings is 1. The number of aryl methyl sites for hydroxylation is 1. The highest BCUT2D eigenvalue weighted by Gasteiger charge is 2.18. The summed E-state index contributed by atoms with van der Waals surface area (Å²) >= 11 is 1.22. The van der Waals surface area contributed by atoms with Crippen LogP contribution in [0.25, 0.3) is 10.4 Å². The van der Waals surface area contributed by atoms with Crippen LogP contribution in [0.3, 0.4) is 0 Å². The summed E-state index contributed by atoms with van der Waals surface area (Å²) in [6.45, 7) is 0. The summed E-state index contributed by atoms with van der Waals surface area (Å²) in [4.78, 5) is 32.6. The summed E-state index contributed by atoms with van der Waals surface area (Å²) in [7, 11) is 0. The standard InChI is InChI=1S/C19H18N4O2S/c20-18(25)16-17(14-9-5-11-21-12-14)26-19(23-16)22-15(24)10-4-8-13-6-2-1-3-7-13/h1-3,5-7,9,11-12H,4,8,10H2,(H2,20,25)(H,22,23,24). The third-order valence-electron chi connectivity index (χ3n) is 3.74. The van der Waals surface area contributed by atoms with Crippen LogP contribution in [0, 0.1) is 0 Å². The Morgan fingerprint density at radius 1 is 1.12 bits per heavy atom. The van der Waals surface area contributed by atoms with Crippen LogP contribution in [0.4, 0.5) is 5.13 Å². The quantitative estimate of drug-likeness (QED) is 0.670. The van der Waals surface area contributed by atoms with E-state index < -0.39 is 5.91 Å². The van der Waals surface area contributed by atoms with Gasteiger partial charge in [0.1, 0.15) is 5.69 Å². The third-order valence-corrected chi connectivity index (χ3v) is 4.76. The molecule has 3 N–H and O–H groups in total. The summed E-state index contributed by atoms with van der Waals surface area (Å²) in [5, 5.41) is 3.12. The first-order valence-electron chi connectivity index (χ1n) is 8.18. The van der Waals surface area contributed by atoms with Gasteiger partial charge in [-0.25, -0.2) is 4.98 Å². The normalized spacial score (nSPS) is 10.5. The van der Waals surface area contributed by atoms with E-state index in [2.05, 4.69) is 15.3 Å². The maximum atomic E-state index is 12.2. The number of nitrogens with two attached hydrogens (primary N) is 1. The number of carbonyl (C=O) groups excluding carboxylic acids is 2. The molecule has 0 aliphatic heterocycles. The van der Waals surface area contributed by atoms with Crippen molar-refractivity contribution in [2.75, 3.05) is 5.32 Å². The van der Waals surface area contributed by atoms with Crippen molar-refractivity contribution in [3.05, 3.63) is 66.1 Å². The number of anilines is 1. The number of carbonyl (C=O) groups is 2. The molecule has 0 spiro atoms. The molecule has 2 amide bonds. The number of pyridine rings is 1. The molecule has 0 aliphatic rings. The molecule has 3 aromatic rings. The van der Waals surface area contributed by atoms with E-state index in [1.54, 1.807) is 18.5 Å². The lowest BCUT2D eigenvalue weighted by Gasteiger charge is -2.02. The van der Waals surface area contributed by atoms with Crippen LogP contribution >= 0.6 is 11.3 Å². The highest BCUT2D eigenvalue weighted by Crippen LogP contribution is 2.32. The molecular weight excluding hydrogens is 348 g/mol. The molecule has 3 rings (SSSR count). The fourth-order valence-electron chi connectivity index (χ4n) is 2.51. The Kier molecular flexibility index (Phi) is 5.70. The zero-order valence-corrected chi connectivity index (χ0v) is 14.8. The lowest BCUT2D eigenvalue weighted by atomic mass is 10.1. The Balaban J connectivity index is 1.64. The van der Waals surface area contributed by atoms with Crippen molar-refractivity contribution in [3.8, 4) is 10.4 Å². The molecule has 0 fully saturated rings. The summed E-state index contributed by atoms with van der Waals surface area (Å²) in [6.07, 6.45) is 5.22. The first-order chi connectivity index (χ1) is 12.6. The number of benzene rings is 1. The second-order valence-corrected chi connectivity index (χ2v) is 6.69. The van der Waals surface area contributed by atoms with Crippen LogP contribution in [-0.2, 0) is 11.2 Å². The fourth-order valence-corrected chi connectivity index (χ4v) is 3.49. The van der Waals surface area contributed by atoms with Crippen molar-refractivity contribution in [1.29, 1.82) is 0 Å². The Morgan fingerprint density at radius 3 is 2.62 bits per heavy atom. The molecule has 2 heterocycles. The number of rotatable bonds is 7. The van der Waals surface area contributed by atoms with E-state index in [9.17, 15) is 9.59 Å². The highest BCUT2D eigenvalue weighted by atomic mass is 32.1. The van der Waals surface area contributed by atoms with Gasteiger partial charge in [-0.1, -0.05) is 47.7 Å². The lowest BCUT2D eigenvalue weighted by molar-refractivity contribution is -0.116. The van der Waals surface area contributed by atoms with E-state index >= 15 is 0 Å². The number of nitrogens with zero attached hydrogens (tertiary/aromatic N) is 2. The number of amides is 2. The second-order valence-electron chi connectivity index (χ2n) is 5.69. The van der Waals surface area contributed by atoms with Gasteiger partial charge in [0.15, 0.2) is 5.13 Å². The number of hydrogen-bond acceptors (Lipinski definition) is 5. The van der Waals surface area contributed by atoms with Gasteiger partial charge in [0, 0.05) is 24.4 Å².